The lowest BCUT2D eigenvalue weighted by atomic mass is 10.0. The van der Waals surface area contributed by atoms with Gasteiger partial charge in [-0.25, -0.2) is 0 Å². The van der Waals surface area contributed by atoms with Crippen LogP contribution in [-0.2, 0) is 0 Å². The highest BCUT2D eigenvalue weighted by Crippen LogP contribution is 2.26. The normalized spacial score (nSPS) is 11.4. The summed E-state index contributed by atoms with van der Waals surface area (Å²) in [5, 5.41) is 23.3. The minimum absolute atomic E-state index is 0.0707. The number of nitrogens with zero attached hydrogens (tertiary/aromatic N) is 2. The van der Waals surface area contributed by atoms with Crippen LogP contribution in [0.1, 0.15) is 30.5 Å². The fraction of sp³-hybridized carbons (Fsp3) is 0.188. The van der Waals surface area contributed by atoms with Gasteiger partial charge in [0.05, 0.1) is 22.2 Å². The molecule has 0 heterocycles. The maximum atomic E-state index is 10.9. The number of anilines is 1. The van der Waals surface area contributed by atoms with Crippen LogP contribution >= 0.6 is 0 Å². The van der Waals surface area contributed by atoms with E-state index in [2.05, 4.69) is 11.4 Å². The first kappa shape index (κ1) is 14.5. The van der Waals surface area contributed by atoms with E-state index in [9.17, 15) is 10.1 Å². The molecule has 0 aliphatic heterocycles. The molecule has 0 aromatic heterocycles. The van der Waals surface area contributed by atoms with Crippen molar-refractivity contribution in [2.75, 3.05) is 5.32 Å². The first-order valence-electron chi connectivity index (χ1n) is 6.65. The van der Waals surface area contributed by atoms with E-state index in [1.807, 2.05) is 25.1 Å². The lowest BCUT2D eigenvalue weighted by Gasteiger charge is -2.19. The SMILES string of the molecule is CCC(Nc1ccccc1C#N)c1cccc([N+](=O)[O-])c1. The Morgan fingerprint density at radius 1 is 1.29 bits per heavy atom. The van der Waals surface area contributed by atoms with Crippen molar-refractivity contribution in [3.63, 3.8) is 0 Å². The van der Waals surface area contributed by atoms with E-state index in [1.165, 1.54) is 6.07 Å². The molecule has 0 fully saturated rings. The highest BCUT2D eigenvalue weighted by atomic mass is 16.6. The Morgan fingerprint density at radius 2 is 2.05 bits per heavy atom. The van der Waals surface area contributed by atoms with E-state index in [0.29, 0.717) is 5.56 Å². The average Bonchev–Trinajstić information content (AvgIpc) is 2.53. The van der Waals surface area contributed by atoms with Crippen molar-refractivity contribution in [1.29, 1.82) is 5.26 Å². The van der Waals surface area contributed by atoms with Gasteiger partial charge in [0.1, 0.15) is 6.07 Å². The number of para-hydroxylation sites is 1. The first-order chi connectivity index (χ1) is 10.2. The fourth-order valence-electron chi connectivity index (χ4n) is 2.17. The Labute approximate surface area is 123 Å². The third-order valence-electron chi connectivity index (χ3n) is 3.27. The molecule has 2 rings (SSSR count). The molecule has 5 heteroatoms. The summed E-state index contributed by atoms with van der Waals surface area (Å²) in [6.07, 6.45) is 0.751. The Balaban J connectivity index is 2.30. The monoisotopic (exact) mass is 281 g/mol. The van der Waals surface area contributed by atoms with Gasteiger partial charge in [0.15, 0.2) is 0 Å². The number of hydrogen-bond acceptors (Lipinski definition) is 4. The largest absolute Gasteiger partial charge is 0.377 e. The summed E-state index contributed by atoms with van der Waals surface area (Å²) in [4.78, 5) is 10.5. The topological polar surface area (TPSA) is 79.0 Å². The summed E-state index contributed by atoms with van der Waals surface area (Å²) in [7, 11) is 0. The van der Waals surface area contributed by atoms with Crippen molar-refractivity contribution in [3.05, 3.63) is 69.8 Å². The van der Waals surface area contributed by atoms with Crippen LogP contribution in [0, 0.1) is 21.4 Å². The molecule has 0 bridgehead atoms. The second kappa shape index (κ2) is 6.53. The van der Waals surface area contributed by atoms with Crippen molar-refractivity contribution in [3.8, 4) is 6.07 Å². The summed E-state index contributed by atoms with van der Waals surface area (Å²) >= 11 is 0. The average molecular weight is 281 g/mol. The number of rotatable bonds is 5. The van der Waals surface area contributed by atoms with Crippen LogP contribution in [0.2, 0.25) is 0 Å². The van der Waals surface area contributed by atoms with Gasteiger partial charge in [0, 0.05) is 12.1 Å². The maximum Gasteiger partial charge on any atom is 0.269 e. The Morgan fingerprint density at radius 3 is 2.71 bits per heavy atom. The van der Waals surface area contributed by atoms with Crippen LogP contribution in [0.4, 0.5) is 11.4 Å². The zero-order valence-electron chi connectivity index (χ0n) is 11.6. The molecular weight excluding hydrogens is 266 g/mol. The molecular formula is C16H15N3O2. The van der Waals surface area contributed by atoms with Gasteiger partial charge < -0.3 is 5.32 Å². The number of nitriles is 1. The third-order valence-corrected chi connectivity index (χ3v) is 3.27. The van der Waals surface area contributed by atoms with Gasteiger partial charge in [-0.3, -0.25) is 10.1 Å². The zero-order chi connectivity index (χ0) is 15.2. The number of non-ortho nitro benzene ring substituents is 1. The number of benzene rings is 2. The molecule has 2 aromatic carbocycles. The Hall–Kier alpha value is -2.87. The molecule has 5 nitrogen and oxygen atoms in total. The lowest BCUT2D eigenvalue weighted by Crippen LogP contribution is -2.11. The minimum atomic E-state index is -0.403. The predicted molar refractivity (Wildman–Crippen MR) is 80.9 cm³/mol. The van der Waals surface area contributed by atoms with Crippen LogP contribution in [0.3, 0.4) is 0 Å². The summed E-state index contributed by atoms with van der Waals surface area (Å²) in [6, 6.07) is 15.8. The highest BCUT2D eigenvalue weighted by molar-refractivity contribution is 5.58. The lowest BCUT2D eigenvalue weighted by molar-refractivity contribution is -0.384. The van der Waals surface area contributed by atoms with Crippen molar-refractivity contribution in [1.82, 2.24) is 0 Å². The smallest absolute Gasteiger partial charge is 0.269 e. The molecule has 106 valence electrons. The molecule has 0 amide bonds. The molecule has 1 N–H and O–H groups in total. The fourth-order valence-corrected chi connectivity index (χ4v) is 2.17. The van der Waals surface area contributed by atoms with Crippen LogP contribution < -0.4 is 5.32 Å². The molecule has 0 aliphatic rings. The molecule has 21 heavy (non-hydrogen) atoms. The van der Waals surface area contributed by atoms with Gasteiger partial charge in [0.25, 0.3) is 5.69 Å². The molecule has 0 saturated carbocycles. The molecule has 0 saturated heterocycles. The van der Waals surface area contributed by atoms with Crippen LogP contribution in [0.5, 0.6) is 0 Å². The van der Waals surface area contributed by atoms with E-state index in [4.69, 9.17) is 5.26 Å². The highest BCUT2D eigenvalue weighted by Gasteiger charge is 2.14. The quantitative estimate of drug-likeness (QED) is 0.662. The third kappa shape index (κ3) is 3.37. The van der Waals surface area contributed by atoms with Gasteiger partial charge in [-0.1, -0.05) is 31.2 Å². The molecule has 2 aromatic rings. The van der Waals surface area contributed by atoms with Gasteiger partial charge in [0.2, 0.25) is 0 Å². The van der Waals surface area contributed by atoms with Crippen molar-refractivity contribution < 1.29 is 4.92 Å². The van der Waals surface area contributed by atoms with E-state index < -0.39 is 4.92 Å². The minimum Gasteiger partial charge on any atom is -0.377 e. The zero-order valence-corrected chi connectivity index (χ0v) is 11.6. The van der Waals surface area contributed by atoms with E-state index in [-0.39, 0.29) is 11.7 Å². The molecule has 1 unspecified atom stereocenters. The Kier molecular flexibility index (Phi) is 4.52. The summed E-state index contributed by atoms with van der Waals surface area (Å²) < 4.78 is 0. The molecule has 0 radical (unpaired) electrons. The van der Waals surface area contributed by atoms with Crippen LogP contribution in [0.15, 0.2) is 48.5 Å². The van der Waals surface area contributed by atoms with Crippen molar-refractivity contribution in [2.24, 2.45) is 0 Å². The van der Waals surface area contributed by atoms with E-state index >= 15 is 0 Å². The van der Waals surface area contributed by atoms with E-state index in [0.717, 1.165) is 17.7 Å². The van der Waals surface area contributed by atoms with Gasteiger partial charge in [-0.05, 0) is 24.1 Å². The maximum absolute atomic E-state index is 10.9. The van der Waals surface area contributed by atoms with Crippen molar-refractivity contribution >= 4 is 11.4 Å². The predicted octanol–water partition coefficient (Wildman–Crippen LogP) is 4.03. The molecule has 1 atom stereocenters. The summed E-state index contributed by atoms with van der Waals surface area (Å²) in [6.45, 7) is 1.99. The number of hydrogen-bond donors (Lipinski definition) is 1. The second-order valence-corrected chi connectivity index (χ2v) is 4.61. The summed E-state index contributed by atoms with van der Waals surface area (Å²) in [5.74, 6) is 0. The second-order valence-electron chi connectivity index (χ2n) is 4.61. The van der Waals surface area contributed by atoms with Crippen LogP contribution in [-0.4, -0.2) is 4.92 Å². The first-order valence-corrected chi connectivity index (χ1v) is 6.65. The number of nitro groups is 1. The van der Waals surface area contributed by atoms with Gasteiger partial charge in [-0.15, -0.1) is 0 Å². The molecule has 0 aliphatic carbocycles. The van der Waals surface area contributed by atoms with Gasteiger partial charge >= 0.3 is 0 Å². The summed E-state index contributed by atoms with van der Waals surface area (Å²) in [5.41, 5.74) is 2.19. The van der Waals surface area contributed by atoms with Crippen LogP contribution in [0.25, 0.3) is 0 Å². The molecule has 0 spiro atoms. The van der Waals surface area contributed by atoms with Crippen molar-refractivity contribution in [2.45, 2.75) is 19.4 Å². The van der Waals surface area contributed by atoms with Gasteiger partial charge in [-0.2, -0.15) is 5.26 Å². The Bertz CT molecular complexity index is 692. The number of nitrogens with one attached hydrogen (secondary N) is 1. The van der Waals surface area contributed by atoms with E-state index in [1.54, 1.807) is 24.3 Å². The standard InChI is InChI=1S/C16H15N3O2/c1-2-15(12-7-5-8-14(10-12)19(20)21)18-16-9-4-3-6-13(16)11-17/h3-10,15,18H,2H2,1H3. The number of nitro benzene ring substituents is 1.